The molecular formula is C60H96O4. The smallest absolute Gasteiger partial charge is 0.0818 e. The zero-order chi connectivity index (χ0) is 45.7. The van der Waals surface area contributed by atoms with Gasteiger partial charge in [0.05, 0.1) is 23.4 Å². The SMILES string of the molecule is CC[C@]1(O)CC[C@@]2(C)C(=CC[C@H]3[C@@H]4CC[C@H]([C@H](C)[C@H](O)CCC(C)(C)CCC[C@]5(O)CC[C@@]6(C)[C@@H](CC[C@@H]7[C@@H]6CC[C@]6(C)[C@@H]([C@H](C)[C@@H](O)c8ccccc8)CC[C@@H]76)C5)[C@@]4(C)CC[C@@H]32)C1. The van der Waals surface area contributed by atoms with Gasteiger partial charge in [0.25, 0.3) is 0 Å². The highest BCUT2D eigenvalue weighted by atomic mass is 16.3. The van der Waals surface area contributed by atoms with Gasteiger partial charge in [0.1, 0.15) is 0 Å². The van der Waals surface area contributed by atoms with E-state index in [1.165, 1.54) is 77.0 Å². The van der Waals surface area contributed by atoms with Crippen molar-refractivity contribution in [3.8, 4) is 0 Å². The predicted molar refractivity (Wildman–Crippen MR) is 263 cm³/mol. The first kappa shape index (κ1) is 47.8. The maximum Gasteiger partial charge on any atom is 0.0818 e. The van der Waals surface area contributed by atoms with Crippen LogP contribution < -0.4 is 0 Å². The number of benzene rings is 1. The molecule has 4 N–H and O–H groups in total. The van der Waals surface area contributed by atoms with Gasteiger partial charge in [-0.2, -0.15) is 0 Å². The Labute approximate surface area is 392 Å². The Hall–Kier alpha value is -1.20. The molecule has 0 bridgehead atoms. The first-order valence-electron chi connectivity index (χ1n) is 27.7. The zero-order valence-electron chi connectivity index (χ0n) is 42.5. The highest BCUT2D eigenvalue weighted by molar-refractivity contribution is 5.27. The standard InChI is InChI=1S/C60H96O4/c1-10-59(63)35-33-55(6)42(37-59)17-19-44-48-23-21-46(57(48,8)31-25-50(44)55)39(2)52(61)27-30-54(4,5)28-14-29-60(64)36-34-56(7)43(38-60)18-20-45-49-24-22-47(58(49,9)32-26-51(45)56)40(3)53(62)41-15-12-11-13-16-41/h11-13,15-17,39-40,43-53,61-64H,10,14,18-38H2,1-9H3/t39-,40-,43-,44-,45-,46+,47+,48-,49-,50-,51-,52+,53+,55-,56-,57+,58+,59-,60-/m0/s1. The molecule has 0 amide bonds. The van der Waals surface area contributed by atoms with Gasteiger partial charge in [0, 0.05) is 0 Å². The summed E-state index contributed by atoms with van der Waals surface area (Å²) >= 11 is 0. The molecule has 360 valence electrons. The van der Waals surface area contributed by atoms with Gasteiger partial charge in [-0.25, -0.2) is 0 Å². The number of hydrogen-bond donors (Lipinski definition) is 4. The summed E-state index contributed by atoms with van der Waals surface area (Å²) in [4.78, 5) is 0. The summed E-state index contributed by atoms with van der Waals surface area (Å²) in [6.07, 6.45) is 28.3. The third-order valence-corrected chi connectivity index (χ3v) is 24.0. The van der Waals surface area contributed by atoms with E-state index in [9.17, 15) is 20.4 Å². The molecule has 0 heterocycles. The van der Waals surface area contributed by atoms with E-state index < -0.39 is 11.2 Å². The molecule has 0 aromatic heterocycles. The molecule has 1 aromatic carbocycles. The molecule has 0 unspecified atom stereocenters. The third-order valence-electron chi connectivity index (χ3n) is 24.0. The van der Waals surface area contributed by atoms with E-state index in [1.807, 2.05) is 0 Å². The Morgan fingerprint density at radius 1 is 0.656 bits per heavy atom. The van der Waals surface area contributed by atoms with Crippen LogP contribution in [-0.4, -0.2) is 37.7 Å². The van der Waals surface area contributed by atoms with Gasteiger partial charge in [-0.05, 0) is 239 Å². The van der Waals surface area contributed by atoms with Crippen LogP contribution in [0.5, 0.6) is 0 Å². The molecule has 0 saturated heterocycles. The fourth-order valence-corrected chi connectivity index (χ4v) is 19.6. The summed E-state index contributed by atoms with van der Waals surface area (Å²) in [5.41, 5.74) is 3.05. The van der Waals surface area contributed by atoms with Crippen LogP contribution in [0.2, 0.25) is 0 Å². The quantitative estimate of drug-likeness (QED) is 0.149. The Morgan fingerprint density at radius 3 is 1.97 bits per heavy atom. The second kappa shape index (κ2) is 17.3. The lowest BCUT2D eigenvalue weighted by molar-refractivity contribution is -0.155. The van der Waals surface area contributed by atoms with Gasteiger partial charge in [-0.15, -0.1) is 0 Å². The van der Waals surface area contributed by atoms with Gasteiger partial charge >= 0.3 is 0 Å². The van der Waals surface area contributed by atoms with Crippen LogP contribution in [0.15, 0.2) is 42.0 Å². The molecular weight excluding hydrogens is 785 g/mol. The molecule has 8 aliphatic carbocycles. The largest absolute Gasteiger partial charge is 0.393 e. The lowest BCUT2D eigenvalue weighted by Gasteiger charge is -2.62. The normalized spacial score (nSPS) is 47.1. The number of aliphatic hydroxyl groups is 4. The highest BCUT2D eigenvalue weighted by Gasteiger charge is 2.63. The summed E-state index contributed by atoms with van der Waals surface area (Å²) in [5, 5.41) is 46.9. The number of rotatable bonds is 13. The maximum absolute atomic E-state index is 12.3. The lowest BCUT2D eigenvalue weighted by Crippen LogP contribution is -2.56. The van der Waals surface area contributed by atoms with Crippen molar-refractivity contribution in [2.24, 2.45) is 92.2 Å². The van der Waals surface area contributed by atoms with Crippen molar-refractivity contribution in [1.82, 2.24) is 0 Å². The van der Waals surface area contributed by atoms with E-state index in [0.717, 1.165) is 112 Å². The number of hydrogen-bond acceptors (Lipinski definition) is 4. The van der Waals surface area contributed by atoms with E-state index >= 15 is 0 Å². The van der Waals surface area contributed by atoms with Crippen molar-refractivity contribution in [3.05, 3.63) is 47.5 Å². The van der Waals surface area contributed by atoms with Gasteiger partial charge in [-0.3, -0.25) is 0 Å². The third kappa shape index (κ3) is 8.10. The highest BCUT2D eigenvalue weighted by Crippen LogP contribution is 2.71. The molecule has 7 saturated carbocycles. The van der Waals surface area contributed by atoms with Crippen molar-refractivity contribution in [2.75, 3.05) is 0 Å². The van der Waals surface area contributed by atoms with Gasteiger partial charge in [0.15, 0.2) is 0 Å². The number of fused-ring (bicyclic) bond motifs is 10. The average Bonchev–Trinajstić information content (AvgIpc) is 3.82. The zero-order valence-corrected chi connectivity index (χ0v) is 42.5. The van der Waals surface area contributed by atoms with Crippen molar-refractivity contribution in [3.63, 3.8) is 0 Å². The van der Waals surface area contributed by atoms with Gasteiger partial charge < -0.3 is 20.4 Å². The van der Waals surface area contributed by atoms with Crippen LogP contribution in [0.1, 0.15) is 222 Å². The molecule has 7 fully saturated rings. The van der Waals surface area contributed by atoms with Crippen molar-refractivity contribution in [2.45, 2.75) is 233 Å². The van der Waals surface area contributed by atoms with Crippen LogP contribution in [-0.2, 0) is 0 Å². The first-order valence-corrected chi connectivity index (χ1v) is 27.7. The molecule has 4 heteroatoms. The van der Waals surface area contributed by atoms with Gasteiger partial charge in [0.2, 0.25) is 0 Å². The summed E-state index contributed by atoms with van der Waals surface area (Å²) in [6, 6.07) is 10.4. The fraction of sp³-hybridized carbons (Fsp3) is 0.867. The molecule has 0 radical (unpaired) electrons. The molecule has 4 nitrogen and oxygen atoms in total. The van der Waals surface area contributed by atoms with Crippen LogP contribution in [0, 0.1) is 92.2 Å². The lowest BCUT2D eigenvalue weighted by atomic mass is 9.43. The summed E-state index contributed by atoms with van der Waals surface area (Å²) in [7, 11) is 0. The predicted octanol–water partition coefficient (Wildman–Crippen LogP) is 14.4. The molecule has 0 aliphatic heterocycles. The first-order chi connectivity index (χ1) is 30.2. The fourth-order valence-electron chi connectivity index (χ4n) is 19.6. The minimum absolute atomic E-state index is 0.159. The molecule has 9 rings (SSSR count). The molecule has 1 aromatic rings. The minimum Gasteiger partial charge on any atom is -0.393 e. The minimum atomic E-state index is -0.526. The van der Waals surface area contributed by atoms with E-state index in [-0.39, 0.29) is 29.0 Å². The monoisotopic (exact) mass is 881 g/mol. The Balaban J connectivity index is 0.747. The topological polar surface area (TPSA) is 80.9 Å². The van der Waals surface area contributed by atoms with Crippen LogP contribution in [0.25, 0.3) is 0 Å². The molecule has 8 aliphatic rings. The Kier molecular flexibility index (Phi) is 13.0. The average molecular weight is 881 g/mol. The van der Waals surface area contributed by atoms with Crippen LogP contribution in [0.4, 0.5) is 0 Å². The van der Waals surface area contributed by atoms with Crippen molar-refractivity contribution >= 4 is 0 Å². The second-order valence-corrected chi connectivity index (χ2v) is 27.3. The summed E-state index contributed by atoms with van der Waals surface area (Å²) in [6.45, 7) is 22.2. The second-order valence-electron chi connectivity index (χ2n) is 27.3. The Morgan fingerprint density at radius 2 is 1.28 bits per heavy atom. The van der Waals surface area contributed by atoms with E-state index in [1.54, 1.807) is 5.57 Å². The number of allylic oxidation sites excluding steroid dienone is 1. The van der Waals surface area contributed by atoms with Crippen LogP contribution in [0.3, 0.4) is 0 Å². The number of aliphatic hydroxyl groups excluding tert-OH is 2. The van der Waals surface area contributed by atoms with E-state index in [2.05, 4.69) is 98.7 Å². The van der Waals surface area contributed by atoms with Crippen molar-refractivity contribution in [1.29, 1.82) is 0 Å². The van der Waals surface area contributed by atoms with Crippen molar-refractivity contribution < 1.29 is 20.4 Å². The molecule has 0 spiro atoms. The Bertz CT molecular complexity index is 1820. The van der Waals surface area contributed by atoms with Crippen LogP contribution >= 0.6 is 0 Å². The van der Waals surface area contributed by atoms with E-state index in [4.69, 9.17) is 0 Å². The van der Waals surface area contributed by atoms with Gasteiger partial charge in [-0.1, -0.05) is 111 Å². The maximum atomic E-state index is 12.3. The molecule has 64 heavy (non-hydrogen) atoms. The van der Waals surface area contributed by atoms with E-state index in [0.29, 0.717) is 39.9 Å². The summed E-state index contributed by atoms with van der Waals surface area (Å²) in [5.74, 6) is 7.05. The summed E-state index contributed by atoms with van der Waals surface area (Å²) < 4.78 is 0. The molecule has 19 atom stereocenters.